The molecule has 0 aromatic heterocycles. The third kappa shape index (κ3) is 4.15. The monoisotopic (exact) mass is 226 g/mol. The average molecular weight is 226 g/mol. The van der Waals surface area contributed by atoms with Crippen LogP contribution in [-0.4, -0.2) is 11.6 Å². The highest BCUT2D eigenvalue weighted by Gasteiger charge is 2.36. The molecule has 2 heteroatoms. The Bertz CT molecular complexity index is 205. The quantitative estimate of drug-likeness (QED) is 0.607. The number of hydrogen-bond acceptors (Lipinski definition) is 2. The molecule has 0 aromatic rings. The molecule has 1 aliphatic carbocycles. The predicted octanol–water partition coefficient (Wildman–Crippen LogP) is 4.22. The molecule has 0 amide bonds. The van der Waals surface area contributed by atoms with Crippen molar-refractivity contribution in [3.8, 4) is 0 Å². The predicted molar refractivity (Wildman–Crippen MR) is 66.3 cm³/mol. The molecule has 0 radical (unpaired) electrons. The van der Waals surface area contributed by atoms with E-state index in [2.05, 4.69) is 13.8 Å². The van der Waals surface area contributed by atoms with Gasteiger partial charge in [-0.05, 0) is 44.9 Å². The molecule has 0 aliphatic heterocycles. The smallest absolute Gasteiger partial charge is 0.306 e. The van der Waals surface area contributed by atoms with Crippen LogP contribution < -0.4 is 0 Å². The summed E-state index contributed by atoms with van der Waals surface area (Å²) in [6.45, 7) is 4.30. The second-order valence-electron chi connectivity index (χ2n) is 5.07. The Morgan fingerprint density at radius 1 is 1.12 bits per heavy atom. The first kappa shape index (κ1) is 13.5. The molecule has 0 atom stereocenters. The number of rotatable bonds is 7. The van der Waals surface area contributed by atoms with Crippen LogP contribution in [0.4, 0.5) is 0 Å². The number of unbranched alkanes of at least 4 members (excludes halogenated alkanes) is 2. The summed E-state index contributed by atoms with van der Waals surface area (Å²) in [6, 6.07) is 0. The number of carbonyl (C=O) groups excluding carboxylic acids is 1. The maximum atomic E-state index is 11.7. The van der Waals surface area contributed by atoms with Crippen LogP contribution in [0, 0.1) is 0 Å². The fourth-order valence-electron chi connectivity index (χ4n) is 2.54. The van der Waals surface area contributed by atoms with Gasteiger partial charge in [-0.2, -0.15) is 0 Å². The fraction of sp³-hybridized carbons (Fsp3) is 0.929. The van der Waals surface area contributed by atoms with E-state index < -0.39 is 0 Å². The lowest BCUT2D eigenvalue weighted by molar-refractivity contribution is -0.160. The van der Waals surface area contributed by atoms with Crippen molar-refractivity contribution in [1.82, 2.24) is 0 Å². The lowest BCUT2D eigenvalue weighted by atomic mass is 9.94. The summed E-state index contributed by atoms with van der Waals surface area (Å²) in [5, 5.41) is 0. The Morgan fingerprint density at radius 3 is 2.31 bits per heavy atom. The van der Waals surface area contributed by atoms with E-state index in [1.54, 1.807) is 0 Å². The average Bonchev–Trinajstić information content (AvgIpc) is 2.72. The van der Waals surface area contributed by atoms with Crippen LogP contribution in [0.25, 0.3) is 0 Å². The zero-order valence-electron chi connectivity index (χ0n) is 10.9. The third-order valence-corrected chi connectivity index (χ3v) is 3.57. The van der Waals surface area contributed by atoms with Crippen molar-refractivity contribution in [3.63, 3.8) is 0 Å². The topological polar surface area (TPSA) is 26.3 Å². The van der Waals surface area contributed by atoms with E-state index in [1.807, 2.05) is 0 Å². The van der Waals surface area contributed by atoms with Crippen LogP contribution in [0.3, 0.4) is 0 Å². The minimum absolute atomic E-state index is 0.0276. The van der Waals surface area contributed by atoms with Gasteiger partial charge in [0.1, 0.15) is 5.60 Å². The molecule has 0 unspecified atom stereocenters. The molecule has 1 rings (SSSR count). The highest BCUT2D eigenvalue weighted by Crippen LogP contribution is 2.37. The summed E-state index contributed by atoms with van der Waals surface area (Å²) in [5.74, 6) is 0.0276. The molecule has 1 saturated carbocycles. The highest BCUT2D eigenvalue weighted by atomic mass is 16.6. The molecule has 0 heterocycles. The molecular weight excluding hydrogens is 200 g/mol. The van der Waals surface area contributed by atoms with E-state index >= 15 is 0 Å². The fourth-order valence-corrected chi connectivity index (χ4v) is 2.54. The largest absolute Gasteiger partial charge is 0.459 e. The standard InChI is InChI=1S/C14H26O2/c1-3-5-9-13(15)16-14(10-6-4-2)11-7-8-12-14/h3-12H2,1-2H3. The van der Waals surface area contributed by atoms with Crippen LogP contribution in [0.15, 0.2) is 0 Å². The lowest BCUT2D eigenvalue weighted by Gasteiger charge is -2.29. The van der Waals surface area contributed by atoms with Gasteiger partial charge in [0.15, 0.2) is 0 Å². The molecule has 0 aromatic carbocycles. The summed E-state index contributed by atoms with van der Waals surface area (Å²) < 4.78 is 5.76. The van der Waals surface area contributed by atoms with Crippen LogP contribution >= 0.6 is 0 Å². The molecule has 0 saturated heterocycles. The SMILES string of the molecule is CCCCC(=O)OC1(CCCC)CCCC1. The first-order valence-corrected chi connectivity index (χ1v) is 6.94. The van der Waals surface area contributed by atoms with Crippen LogP contribution in [-0.2, 0) is 9.53 Å². The summed E-state index contributed by atoms with van der Waals surface area (Å²) >= 11 is 0. The molecule has 2 nitrogen and oxygen atoms in total. The van der Waals surface area contributed by atoms with Crippen molar-refractivity contribution in [1.29, 1.82) is 0 Å². The zero-order chi connectivity index (χ0) is 11.9. The molecule has 1 aliphatic rings. The van der Waals surface area contributed by atoms with E-state index in [0.29, 0.717) is 6.42 Å². The number of hydrogen-bond donors (Lipinski definition) is 0. The molecule has 94 valence electrons. The van der Waals surface area contributed by atoms with Crippen molar-refractivity contribution in [2.75, 3.05) is 0 Å². The van der Waals surface area contributed by atoms with E-state index in [0.717, 1.165) is 32.1 Å². The second kappa shape index (κ2) is 6.93. The molecule has 0 spiro atoms. The molecular formula is C14H26O2. The summed E-state index contributed by atoms with van der Waals surface area (Å²) in [5.41, 5.74) is -0.0825. The third-order valence-electron chi connectivity index (χ3n) is 3.57. The normalized spacial score (nSPS) is 18.6. The Balaban J connectivity index is 2.40. The Labute approximate surface area is 99.8 Å². The lowest BCUT2D eigenvalue weighted by Crippen LogP contribution is -2.31. The first-order chi connectivity index (χ1) is 7.72. The number of ether oxygens (including phenoxy) is 1. The van der Waals surface area contributed by atoms with Crippen molar-refractivity contribution in [2.45, 2.75) is 83.7 Å². The van der Waals surface area contributed by atoms with Gasteiger partial charge in [-0.3, -0.25) is 4.79 Å². The van der Waals surface area contributed by atoms with Gasteiger partial charge in [-0.15, -0.1) is 0 Å². The van der Waals surface area contributed by atoms with Crippen LogP contribution in [0.5, 0.6) is 0 Å². The van der Waals surface area contributed by atoms with E-state index in [1.165, 1.54) is 25.7 Å². The number of esters is 1. The molecule has 1 fully saturated rings. The summed E-state index contributed by atoms with van der Waals surface area (Å²) in [6.07, 6.45) is 10.7. The molecule has 0 bridgehead atoms. The van der Waals surface area contributed by atoms with Crippen LogP contribution in [0.2, 0.25) is 0 Å². The van der Waals surface area contributed by atoms with Gasteiger partial charge >= 0.3 is 5.97 Å². The van der Waals surface area contributed by atoms with Crippen LogP contribution in [0.1, 0.15) is 78.1 Å². The highest BCUT2D eigenvalue weighted by molar-refractivity contribution is 5.69. The van der Waals surface area contributed by atoms with E-state index in [-0.39, 0.29) is 11.6 Å². The van der Waals surface area contributed by atoms with Crippen molar-refractivity contribution >= 4 is 5.97 Å². The van der Waals surface area contributed by atoms with Gasteiger partial charge in [-0.1, -0.05) is 26.7 Å². The summed E-state index contributed by atoms with van der Waals surface area (Å²) in [7, 11) is 0. The maximum absolute atomic E-state index is 11.7. The van der Waals surface area contributed by atoms with Gasteiger partial charge in [0.2, 0.25) is 0 Å². The second-order valence-corrected chi connectivity index (χ2v) is 5.07. The summed E-state index contributed by atoms with van der Waals surface area (Å²) in [4.78, 5) is 11.7. The zero-order valence-corrected chi connectivity index (χ0v) is 10.9. The van der Waals surface area contributed by atoms with Gasteiger partial charge < -0.3 is 4.74 Å². The maximum Gasteiger partial charge on any atom is 0.306 e. The number of carbonyl (C=O) groups is 1. The van der Waals surface area contributed by atoms with E-state index in [9.17, 15) is 4.79 Å². The molecule has 16 heavy (non-hydrogen) atoms. The van der Waals surface area contributed by atoms with Gasteiger partial charge in [-0.25, -0.2) is 0 Å². The van der Waals surface area contributed by atoms with Gasteiger partial charge in [0.25, 0.3) is 0 Å². The Hall–Kier alpha value is -0.530. The first-order valence-electron chi connectivity index (χ1n) is 6.94. The molecule has 0 N–H and O–H groups in total. The van der Waals surface area contributed by atoms with Gasteiger partial charge in [0.05, 0.1) is 0 Å². The minimum atomic E-state index is -0.0825. The van der Waals surface area contributed by atoms with Crippen molar-refractivity contribution < 1.29 is 9.53 Å². The van der Waals surface area contributed by atoms with Gasteiger partial charge in [0, 0.05) is 6.42 Å². The Kier molecular flexibility index (Phi) is 5.86. The van der Waals surface area contributed by atoms with E-state index in [4.69, 9.17) is 4.74 Å². The minimum Gasteiger partial charge on any atom is -0.459 e. The Morgan fingerprint density at radius 2 is 1.75 bits per heavy atom. The van der Waals surface area contributed by atoms with Crippen molar-refractivity contribution in [2.24, 2.45) is 0 Å². The van der Waals surface area contributed by atoms with Crippen molar-refractivity contribution in [3.05, 3.63) is 0 Å².